The maximum Gasteiger partial charge on any atom is 0.257 e. The van der Waals surface area contributed by atoms with Crippen molar-refractivity contribution in [3.8, 4) is 0 Å². The molecule has 2 rings (SSSR count). The van der Waals surface area contributed by atoms with Gasteiger partial charge in [0, 0.05) is 18.0 Å². The molecule has 0 saturated heterocycles. The Kier molecular flexibility index (Phi) is 2.91. The first-order valence-electron chi connectivity index (χ1n) is 4.98. The minimum Gasteiger partial charge on any atom is -0.365 e. The molecule has 1 amide bonds. The van der Waals surface area contributed by atoms with Crippen LogP contribution in [-0.4, -0.2) is 10.9 Å². The van der Waals surface area contributed by atoms with Crippen LogP contribution in [0, 0.1) is 18.6 Å². The highest BCUT2D eigenvalue weighted by Gasteiger charge is 2.12. The zero-order valence-electron chi connectivity index (χ0n) is 9.05. The van der Waals surface area contributed by atoms with Crippen LogP contribution in [-0.2, 0) is 0 Å². The van der Waals surface area contributed by atoms with Crippen molar-refractivity contribution in [1.29, 1.82) is 0 Å². The molecular weight excluding hydrogens is 226 g/mol. The fourth-order valence-corrected chi connectivity index (χ4v) is 1.48. The predicted molar refractivity (Wildman–Crippen MR) is 59.8 cm³/mol. The number of aromatic amines is 1. The summed E-state index contributed by atoms with van der Waals surface area (Å²) in [4.78, 5) is 14.6. The van der Waals surface area contributed by atoms with Gasteiger partial charge in [0.1, 0.15) is 11.6 Å². The van der Waals surface area contributed by atoms with Gasteiger partial charge in [-0.1, -0.05) is 0 Å². The lowest BCUT2D eigenvalue weighted by Gasteiger charge is -2.05. The highest BCUT2D eigenvalue weighted by molar-refractivity contribution is 6.05. The molecule has 1 aromatic heterocycles. The smallest absolute Gasteiger partial charge is 0.257 e. The first-order valence-corrected chi connectivity index (χ1v) is 4.98. The van der Waals surface area contributed by atoms with Gasteiger partial charge in [-0.3, -0.25) is 4.79 Å². The summed E-state index contributed by atoms with van der Waals surface area (Å²) in [5.74, 6) is -1.92. The minimum absolute atomic E-state index is 0.0444. The standard InChI is InChI=1S/C12H10F2N2O/c1-7-9(4-5-15-7)12(17)16-11-3-2-8(13)6-10(11)14/h2-6,15H,1H3,(H,16,17). The normalized spacial score (nSPS) is 10.3. The van der Waals surface area contributed by atoms with Gasteiger partial charge in [0.25, 0.3) is 5.91 Å². The Bertz CT molecular complexity index is 563. The average molecular weight is 236 g/mol. The molecule has 0 aliphatic heterocycles. The molecule has 0 bridgehead atoms. The highest BCUT2D eigenvalue weighted by Crippen LogP contribution is 2.16. The number of benzene rings is 1. The second-order valence-electron chi connectivity index (χ2n) is 3.59. The van der Waals surface area contributed by atoms with Gasteiger partial charge in [0.15, 0.2) is 0 Å². The zero-order chi connectivity index (χ0) is 12.4. The van der Waals surface area contributed by atoms with Crippen LogP contribution in [0.3, 0.4) is 0 Å². The molecule has 1 aromatic carbocycles. The van der Waals surface area contributed by atoms with Crippen molar-refractivity contribution in [3.63, 3.8) is 0 Å². The summed E-state index contributed by atoms with van der Waals surface area (Å²) in [5.41, 5.74) is 1.07. The molecular formula is C12H10F2N2O. The van der Waals surface area contributed by atoms with E-state index < -0.39 is 17.5 Å². The van der Waals surface area contributed by atoms with E-state index >= 15 is 0 Å². The van der Waals surface area contributed by atoms with E-state index in [0.29, 0.717) is 11.3 Å². The number of carbonyl (C=O) groups is 1. The second-order valence-corrected chi connectivity index (χ2v) is 3.59. The van der Waals surface area contributed by atoms with E-state index in [0.717, 1.165) is 12.1 Å². The molecule has 0 atom stereocenters. The number of aryl methyl sites for hydroxylation is 1. The van der Waals surface area contributed by atoms with Crippen molar-refractivity contribution in [2.24, 2.45) is 0 Å². The van der Waals surface area contributed by atoms with Gasteiger partial charge in [-0.05, 0) is 25.1 Å². The van der Waals surface area contributed by atoms with E-state index in [1.54, 1.807) is 19.2 Å². The van der Waals surface area contributed by atoms with Crippen LogP contribution in [0.5, 0.6) is 0 Å². The van der Waals surface area contributed by atoms with E-state index in [2.05, 4.69) is 10.3 Å². The quantitative estimate of drug-likeness (QED) is 0.827. The molecule has 17 heavy (non-hydrogen) atoms. The molecule has 0 radical (unpaired) electrons. The molecule has 2 N–H and O–H groups in total. The van der Waals surface area contributed by atoms with Crippen LogP contribution in [0.4, 0.5) is 14.5 Å². The van der Waals surface area contributed by atoms with Crippen molar-refractivity contribution in [1.82, 2.24) is 4.98 Å². The number of hydrogen-bond donors (Lipinski definition) is 2. The third-order valence-corrected chi connectivity index (χ3v) is 2.38. The third-order valence-electron chi connectivity index (χ3n) is 2.38. The van der Waals surface area contributed by atoms with Crippen LogP contribution in [0.25, 0.3) is 0 Å². The first kappa shape index (κ1) is 11.3. The molecule has 0 aliphatic rings. The Labute approximate surface area is 96.5 Å². The summed E-state index contributed by atoms with van der Waals surface area (Å²) in [5, 5.41) is 2.38. The van der Waals surface area contributed by atoms with E-state index in [1.807, 2.05) is 0 Å². The van der Waals surface area contributed by atoms with E-state index in [4.69, 9.17) is 0 Å². The van der Waals surface area contributed by atoms with Crippen LogP contribution in [0.1, 0.15) is 16.1 Å². The van der Waals surface area contributed by atoms with Gasteiger partial charge in [0.05, 0.1) is 11.3 Å². The van der Waals surface area contributed by atoms with Crippen LogP contribution in [0.2, 0.25) is 0 Å². The van der Waals surface area contributed by atoms with Gasteiger partial charge in [-0.2, -0.15) is 0 Å². The molecule has 1 heterocycles. The Morgan fingerprint density at radius 1 is 1.29 bits per heavy atom. The second kappa shape index (κ2) is 4.37. The van der Waals surface area contributed by atoms with E-state index in [9.17, 15) is 13.6 Å². The monoisotopic (exact) mass is 236 g/mol. The van der Waals surface area contributed by atoms with Gasteiger partial charge >= 0.3 is 0 Å². The Hall–Kier alpha value is -2.17. The topological polar surface area (TPSA) is 44.9 Å². The summed E-state index contributed by atoms with van der Waals surface area (Å²) in [6.45, 7) is 1.73. The number of amides is 1. The molecule has 0 saturated carbocycles. The highest BCUT2D eigenvalue weighted by atomic mass is 19.1. The van der Waals surface area contributed by atoms with Crippen molar-refractivity contribution in [2.45, 2.75) is 6.92 Å². The molecule has 0 unspecified atom stereocenters. The molecule has 3 nitrogen and oxygen atoms in total. The number of H-pyrrole nitrogens is 1. The minimum atomic E-state index is -0.800. The fourth-order valence-electron chi connectivity index (χ4n) is 1.48. The lowest BCUT2D eigenvalue weighted by atomic mass is 10.2. The van der Waals surface area contributed by atoms with E-state index in [1.165, 1.54) is 6.07 Å². The van der Waals surface area contributed by atoms with Crippen LogP contribution in [0.15, 0.2) is 30.5 Å². The lowest BCUT2D eigenvalue weighted by Crippen LogP contribution is -2.13. The molecule has 0 aliphatic carbocycles. The number of hydrogen-bond acceptors (Lipinski definition) is 1. The number of anilines is 1. The Morgan fingerprint density at radius 3 is 2.65 bits per heavy atom. The predicted octanol–water partition coefficient (Wildman–Crippen LogP) is 2.85. The van der Waals surface area contributed by atoms with Crippen molar-refractivity contribution >= 4 is 11.6 Å². The number of aromatic nitrogens is 1. The largest absolute Gasteiger partial charge is 0.365 e. The van der Waals surface area contributed by atoms with E-state index in [-0.39, 0.29) is 5.69 Å². The molecule has 0 spiro atoms. The fraction of sp³-hybridized carbons (Fsp3) is 0.0833. The molecule has 0 fully saturated rings. The summed E-state index contributed by atoms with van der Waals surface area (Å²) < 4.78 is 26.0. The van der Waals surface area contributed by atoms with Crippen molar-refractivity contribution in [3.05, 3.63) is 53.4 Å². The lowest BCUT2D eigenvalue weighted by molar-refractivity contribution is 0.102. The third kappa shape index (κ3) is 2.33. The zero-order valence-corrected chi connectivity index (χ0v) is 9.05. The van der Waals surface area contributed by atoms with Crippen molar-refractivity contribution < 1.29 is 13.6 Å². The van der Waals surface area contributed by atoms with Crippen LogP contribution >= 0.6 is 0 Å². The SMILES string of the molecule is Cc1[nH]ccc1C(=O)Nc1ccc(F)cc1F. The average Bonchev–Trinajstić information content (AvgIpc) is 2.68. The molecule has 2 aromatic rings. The van der Waals surface area contributed by atoms with Gasteiger partial charge < -0.3 is 10.3 Å². The Morgan fingerprint density at radius 2 is 2.06 bits per heavy atom. The van der Waals surface area contributed by atoms with Gasteiger partial charge in [-0.25, -0.2) is 8.78 Å². The summed E-state index contributed by atoms with van der Waals surface area (Å²) >= 11 is 0. The summed E-state index contributed by atoms with van der Waals surface area (Å²) in [7, 11) is 0. The summed E-state index contributed by atoms with van der Waals surface area (Å²) in [6.07, 6.45) is 1.62. The van der Waals surface area contributed by atoms with Crippen molar-refractivity contribution in [2.75, 3.05) is 5.32 Å². The van der Waals surface area contributed by atoms with Gasteiger partial charge in [-0.15, -0.1) is 0 Å². The maximum atomic E-state index is 13.3. The molecule has 5 heteroatoms. The maximum absolute atomic E-state index is 13.3. The van der Waals surface area contributed by atoms with Crippen LogP contribution < -0.4 is 5.32 Å². The number of halogens is 2. The Balaban J connectivity index is 2.22. The number of carbonyl (C=O) groups excluding carboxylic acids is 1. The first-order chi connectivity index (χ1) is 8.08. The van der Waals surface area contributed by atoms with Gasteiger partial charge in [0.2, 0.25) is 0 Å². The number of rotatable bonds is 2. The molecule has 88 valence electrons. The number of nitrogens with one attached hydrogen (secondary N) is 2. The summed E-state index contributed by atoms with van der Waals surface area (Å²) in [6, 6.07) is 4.58.